The first-order valence-electron chi connectivity index (χ1n) is 6.71. The van der Waals surface area contributed by atoms with Gasteiger partial charge in [0.2, 0.25) is 10.0 Å². The van der Waals surface area contributed by atoms with E-state index in [4.69, 9.17) is 9.94 Å². The zero-order valence-corrected chi connectivity index (χ0v) is 13.1. The fourth-order valence-corrected chi connectivity index (χ4v) is 2.97. The molecule has 3 N–H and O–H groups in total. The number of sulfonamides is 1. The van der Waals surface area contributed by atoms with E-state index in [9.17, 15) is 13.2 Å². The number of amides is 1. The number of carbonyl (C=O) groups excluding carboxylic acids is 1. The fourth-order valence-electron chi connectivity index (χ4n) is 1.76. The van der Waals surface area contributed by atoms with Gasteiger partial charge in [-0.05, 0) is 43.3 Å². The molecule has 1 atom stereocenters. The molecule has 7 nitrogen and oxygen atoms in total. The Morgan fingerprint density at radius 2 is 1.61 bits per heavy atom. The minimum absolute atomic E-state index is 0.0181. The van der Waals surface area contributed by atoms with E-state index in [2.05, 4.69) is 4.72 Å². The maximum Gasteiger partial charge on any atom is 0.261 e. The van der Waals surface area contributed by atoms with E-state index < -0.39 is 22.0 Å². The minimum atomic E-state index is -3.88. The van der Waals surface area contributed by atoms with E-state index >= 15 is 0 Å². The van der Waals surface area contributed by atoms with Crippen LogP contribution in [0.5, 0.6) is 11.5 Å². The van der Waals surface area contributed by atoms with Crippen LogP contribution in [0.3, 0.4) is 0 Å². The first-order chi connectivity index (χ1) is 10.9. The predicted octanol–water partition coefficient (Wildman–Crippen LogP) is 1.65. The molecule has 0 heterocycles. The molecule has 0 aliphatic rings. The maximum atomic E-state index is 12.1. The van der Waals surface area contributed by atoms with E-state index in [-0.39, 0.29) is 4.90 Å². The highest BCUT2D eigenvalue weighted by Crippen LogP contribution is 2.22. The number of rotatable bonds is 6. The van der Waals surface area contributed by atoms with Crippen molar-refractivity contribution in [2.45, 2.75) is 17.9 Å². The summed E-state index contributed by atoms with van der Waals surface area (Å²) in [5.41, 5.74) is 1.39. The van der Waals surface area contributed by atoms with Crippen LogP contribution in [-0.4, -0.2) is 25.6 Å². The number of benzene rings is 2. The second kappa shape index (κ2) is 7.23. The van der Waals surface area contributed by atoms with Gasteiger partial charge in [-0.15, -0.1) is 0 Å². The number of hydrogen-bond donors (Lipinski definition) is 3. The highest BCUT2D eigenvalue weighted by atomic mass is 32.2. The minimum Gasteiger partial charge on any atom is -0.457 e. The van der Waals surface area contributed by atoms with Crippen LogP contribution in [0.4, 0.5) is 0 Å². The Balaban J connectivity index is 2.10. The van der Waals surface area contributed by atoms with E-state index in [1.165, 1.54) is 36.7 Å². The molecule has 0 unspecified atom stereocenters. The van der Waals surface area contributed by atoms with E-state index in [1.807, 2.05) is 18.2 Å². The van der Waals surface area contributed by atoms with Gasteiger partial charge in [-0.1, -0.05) is 18.2 Å². The van der Waals surface area contributed by atoms with Gasteiger partial charge in [0.15, 0.2) is 0 Å². The first kappa shape index (κ1) is 16.9. The molecule has 0 aromatic heterocycles. The first-order valence-corrected chi connectivity index (χ1v) is 8.20. The zero-order valence-electron chi connectivity index (χ0n) is 12.3. The summed E-state index contributed by atoms with van der Waals surface area (Å²) in [5, 5.41) is 8.50. The summed E-state index contributed by atoms with van der Waals surface area (Å²) in [5.74, 6) is 0.267. The van der Waals surface area contributed by atoms with Crippen molar-refractivity contribution < 1.29 is 23.2 Å². The number of nitrogens with one attached hydrogen (secondary N) is 2. The highest BCUT2D eigenvalue weighted by Gasteiger charge is 2.21. The molecule has 2 aromatic carbocycles. The molecule has 2 rings (SSSR count). The Bertz CT molecular complexity index is 760. The van der Waals surface area contributed by atoms with Crippen molar-refractivity contribution in [3.05, 3.63) is 54.6 Å². The lowest BCUT2D eigenvalue weighted by atomic mass is 10.3. The largest absolute Gasteiger partial charge is 0.457 e. The van der Waals surface area contributed by atoms with Crippen molar-refractivity contribution in [1.82, 2.24) is 10.2 Å². The Morgan fingerprint density at radius 1 is 1.04 bits per heavy atom. The molecule has 8 heteroatoms. The van der Waals surface area contributed by atoms with Crippen LogP contribution in [0.2, 0.25) is 0 Å². The zero-order chi connectivity index (χ0) is 16.9. The normalized spacial score (nSPS) is 12.4. The van der Waals surface area contributed by atoms with Crippen LogP contribution in [0.1, 0.15) is 6.92 Å². The predicted molar refractivity (Wildman–Crippen MR) is 82.7 cm³/mol. The van der Waals surface area contributed by atoms with Crippen LogP contribution < -0.4 is 14.9 Å². The summed E-state index contributed by atoms with van der Waals surface area (Å²) in [7, 11) is -3.88. The second-order valence-electron chi connectivity index (χ2n) is 4.71. The Kier molecular flexibility index (Phi) is 5.32. The van der Waals surface area contributed by atoms with Crippen molar-refractivity contribution in [1.29, 1.82) is 0 Å². The number of carbonyl (C=O) groups is 1. The van der Waals surface area contributed by atoms with Gasteiger partial charge >= 0.3 is 0 Å². The molecular weight excluding hydrogens is 320 g/mol. The van der Waals surface area contributed by atoms with Gasteiger partial charge in [-0.2, -0.15) is 4.72 Å². The van der Waals surface area contributed by atoms with Crippen LogP contribution >= 0.6 is 0 Å². The molecule has 2 aromatic rings. The molecule has 1 amide bonds. The molecule has 0 fully saturated rings. The molecular formula is C15H16N2O5S. The molecule has 23 heavy (non-hydrogen) atoms. The van der Waals surface area contributed by atoms with Crippen LogP contribution in [-0.2, 0) is 14.8 Å². The lowest BCUT2D eigenvalue weighted by Crippen LogP contribution is -2.43. The Hall–Kier alpha value is -2.42. The van der Waals surface area contributed by atoms with Crippen molar-refractivity contribution in [2.24, 2.45) is 0 Å². The monoisotopic (exact) mass is 336 g/mol. The quantitative estimate of drug-likeness (QED) is 0.549. The summed E-state index contributed by atoms with van der Waals surface area (Å²) in [6.45, 7) is 1.32. The summed E-state index contributed by atoms with van der Waals surface area (Å²) in [6.07, 6.45) is 0. The number of ether oxygens (including phenoxy) is 1. The summed E-state index contributed by atoms with van der Waals surface area (Å²) in [6, 6.07) is 13.7. The second-order valence-corrected chi connectivity index (χ2v) is 6.42. The Morgan fingerprint density at radius 3 is 2.17 bits per heavy atom. The maximum absolute atomic E-state index is 12.1. The third-order valence-electron chi connectivity index (χ3n) is 2.95. The average Bonchev–Trinajstić information content (AvgIpc) is 2.55. The van der Waals surface area contributed by atoms with Gasteiger partial charge in [0.25, 0.3) is 5.91 Å². The van der Waals surface area contributed by atoms with Crippen molar-refractivity contribution in [3.8, 4) is 11.5 Å². The topological polar surface area (TPSA) is 105 Å². The number of hydrogen-bond acceptors (Lipinski definition) is 5. The molecule has 0 aliphatic heterocycles. The molecule has 0 saturated carbocycles. The third kappa shape index (κ3) is 4.52. The highest BCUT2D eigenvalue weighted by molar-refractivity contribution is 7.89. The lowest BCUT2D eigenvalue weighted by molar-refractivity contribution is -0.130. The SMILES string of the molecule is C[C@H](NS(=O)(=O)c1ccc(Oc2ccccc2)cc1)C(=O)NO. The van der Waals surface area contributed by atoms with Gasteiger partial charge in [-0.25, -0.2) is 13.9 Å². The number of hydroxylamine groups is 1. The van der Waals surface area contributed by atoms with Gasteiger partial charge in [0.05, 0.1) is 4.90 Å². The smallest absolute Gasteiger partial charge is 0.261 e. The van der Waals surface area contributed by atoms with Gasteiger partial charge < -0.3 is 4.74 Å². The molecule has 0 aliphatic carbocycles. The summed E-state index contributed by atoms with van der Waals surface area (Å²) < 4.78 is 32.0. The summed E-state index contributed by atoms with van der Waals surface area (Å²) in [4.78, 5) is 11.2. The van der Waals surface area contributed by atoms with Crippen molar-refractivity contribution in [3.63, 3.8) is 0 Å². The molecule has 0 spiro atoms. The van der Waals surface area contributed by atoms with Gasteiger partial charge in [0.1, 0.15) is 17.5 Å². The van der Waals surface area contributed by atoms with Gasteiger partial charge in [0, 0.05) is 0 Å². The van der Waals surface area contributed by atoms with Gasteiger partial charge in [-0.3, -0.25) is 10.0 Å². The molecule has 0 radical (unpaired) electrons. The van der Waals surface area contributed by atoms with Crippen LogP contribution in [0, 0.1) is 0 Å². The fraction of sp³-hybridized carbons (Fsp3) is 0.133. The lowest BCUT2D eigenvalue weighted by Gasteiger charge is -2.12. The van der Waals surface area contributed by atoms with Crippen molar-refractivity contribution in [2.75, 3.05) is 0 Å². The Labute approximate surface area is 133 Å². The van der Waals surface area contributed by atoms with Crippen LogP contribution in [0.15, 0.2) is 59.5 Å². The number of para-hydroxylation sites is 1. The van der Waals surface area contributed by atoms with Crippen LogP contribution in [0.25, 0.3) is 0 Å². The van der Waals surface area contributed by atoms with E-state index in [0.29, 0.717) is 11.5 Å². The average molecular weight is 336 g/mol. The standard InChI is InChI=1S/C15H16N2O5S/c1-11(15(18)16-19)17-23(20,21)14-9-7-13(8-10-14)22-12-5-3-2-4-6-12/h2-11,17,19H,1H3,(H,16,18)/t11-/m0/s1. The molecule has 122 valence electrons. The third-order valence-corrected chi connectivity index (χ3v) is 4.50. The van der Waals surface area contributed by atoms with E-state index in [0.717, 1.165) is 0 Å². The molecule has 0 bridgehead atoms. The molecule has 0 saturated heterocycles. The van der Waals surface area contributed by atoms with E-state index in [1.54, 1.807) is 12.1 Å². The van der Waals surface area contributed by atoms with Crippen molar-refractivity contribution >= 4 is 15.9 Å². The summed E-state index contributed by atoms with van der Waals surface area (Å²) >= 11 is 0.